The molecule has 1 atom stereocenters. The Bertz CT molecular complexity index is 1120. The van der Waals surface area contributed by atoms with Crippen molar-refractivity contribution in [3.05, 3.63) is 64.8 Å². The van der Waals surface area contributed by atoms with E-state index in [9.17, 15) is 12.8 Å². The molecule has 2 heterocycles. The van der Waals surface area contributed by atoms with Gasteiger partial charge in [0, 0.05) is 12.1 Å². The maximum Gasteiger partial charge on any atom is 0.245 e. The van der Waals surface area contributed by atoms with Crippen LogP contribution in [0.5, 0.6) is 0 Å². The van der Waals surface area contributed by atoms with Crippen LogP contribution in [0.2, 0.25) is 5.02 Å². The number of aryl methyl sites for hydroxylation is 1. The van der Waals surface area contributed by atoms with E-state index >= 15 is 0 Å². The van der Waals surface area contributed by atoms with Gasteiger partial charge in [0.05, 0.1) is 9.92 Å². The van der Waals surface area contributed by atoms with E-state index in [-0.39, 0.29) is 15.8 Å². The van der Waals surface area contributed by atoms with Gasteiger partial charge in [-0.3, -0.25) is 0 Å². The average Bonchev–Trinajstić information content (AvgIpc) is 3.33. The molecule has 1 aliphatic rings. The highest BCUT2D eigenvalue weighted by atomic mass is 35.5. The Kier molecular flexibility index (Phi) is 4.95. The number of hydrogen-bond donors (Lipinski definition) is 0. The first-order chi connectivity index (χ1) is 13.4. The molecule has 28 heavy (non-hydrogen) atoms. The van der Waals surface area contributed by atoms with Crippen molar-refractivity contribution in [1.29, 1.82) is 0 Å². The van der Waals surface area contributed by atoms with Crippen molar-refractivity contribution in [2.24, 2.45) is 0 Å². The van der Waals surface area contributed by atoms with E-state index in [2.05, 4.69) is 10.1 Å². The first-order valence-corrected chi connectivity index (χ1v) is 10.6. The lowest BCUT2D eigenvalue weighted by atomic mass is 10.1. The Hall–Kier alpha value is -2.29. The first kappa shape index (κ1) is 19.0. The molecule has 1 fully saturated rings. The van der Waals surface area contributed by atoms with Crippen LogP contribution in [0.15, 0.2) is 51.9 Å². The molecule has 0 radical (unpaired) electrons. The number of sulfonamides is 1. The average molecular weight is 422 g/mol. The van der Waals surface area contributed by atoms with Crippen molar-refractivity contribution in [1.82, 2.24) is 14.4 Å². The van der Waals surface area contributed by atoms with Gasteiger partial charge >= 0.3 is 0 Å². The molecule has 2 aromatic carbocycles. The van der Waals surface area contributed by atoms with Crippen LogP contribution in [-0.4, -0.2) is 29.4 Å². The van der Waals surface area contributed by atoms with E-state index in [1.54, 1.807) is 0 Å². The highest BCUT2D eigenvalue weighted by Crippen LogP contribution is 2.37. The second-order valence-corrected chi connectivity index (χ2v) is 8.97. The minimum Gasteiger partial charge on any atom is -0.337 e. The highest BCUT2D eigenvalue weighted by Gasteiger charge is 2.39. The van der Waals surface area contributed by atoms with Gasteiger partial charge in [0.25, 0.3) is 0 Å². The van der Waals surface area contributed by atoms with E-state index in [0.29, 0.717) is 25.2 Å². The number of benzene rings is 2. The summed E-state index contributed by atoms with van der Waals surface area (Å²) in [6.45, 7) is 2.29. The maximum atomic E-state index is 13.4. The largest absolute Gasteiger partial charge is 0.337 e. The van der Waals surface area contributed by atoms with Gasteiger partial charge in [0.2, 0.25) is 21.7 Å². The lowest BCUT2D eigenvalue weighted by Crippen LogP contribution is -2.30. The van der Waals surface area contributed by atoms with Crippen LogP contribution in [0, 0.1) is 12.7 Å². The second-order valence-electron chi connectivity index (χ2n) is 6.67. The summed E-state index contributed by atoms with van der Waals surface area (Å²) in [5.74, 6) is -0.0211. The molecule has 4 rings (SSSR count). The number of aromatic nitrogens is 2. The SMILES string of the molecule is Cc1ccc(-c2noc([C@@H]3CCCN3S(=O)(=O)c3ccc(F)c(Cl)c3)n2)cc1. The zero-order chi connectivity index (χ0) is 19.9. The molecule has 1 aliphatic heterocycles. The zero-order valence-electron chi connectivity index (χ0n) is 15.0. The second kappa shape index (κ2) is 7.27. The Labute approximate surface area is 167 Å². The molecular weight excluding hydrogens is 405 g/mol. The molecule has 0 spiro atoms. The van der Waals surface area contributed by atoms with E-state index < -0.39 is 21.9 Å². The Morgan fingerprint density at radius 1 is 1.21 bits per heavy atom. The van der Waals surface area contributed by atoms with Crippen LogP contribution in [0.1, 0.15) is 30.3 Å². The maximum absolute atomic E-state index is 13.4. The molecule has 1 saturated heterocycles. The molecule has 0 unspecified atom stereocenters. The van der Waals surface area contributed by atoms with Gasteiger partial charge in [-0.2, -0.15) is 9.29 Å². The third-order valence-corrected chi connectivity index (χ3v) is 6.93. The van der Waals surface area contributed by atoms with Gasteiger partial charge in [0.15, 0.2) is 0 Å². The Morgan fingerprint density at radius 2 is 1.96 bits per heavy atom. The van der Waals surface area contributed by atoms with Crippen molar-refractivity contribution in [2.75, 3.05) is 6.54 Å². The molecule has 3 aromatic rings. The smallest absolute Gasteiger partial charge is 0.245 e. The predicted octanol–water partition coefficient (Wildman–Crippen LogP) is 4.36. The van der Waals surface area contributed by atoms with E-state index in [4.69, 9.17) is 16.1 Å². The summed E-state index contributed by atoms with van der Waals surface area (Å²) in [6, 6.07) is 10.4. The van der Waals surface area contributed by atoms with Gasteiger partial charge in [-0.15, -0.1) is 0 Å². The molecule has 6 nitrogen and oxygen atoms in total. The highest BCUT2D eigenvalue weighted by molar-refractivity contribution is 7.89. The van der Waals surface area contributed by atoms with Crippen molar-refractivity contribution in [3.8, 4) is 11.4 Å². The monoisotopic (exact) mass is 421 g/mol. The van der Waals surface area contributed by atoms with Crippen LogP contribution in [0.4, 0.5) is 4.39 Å². The number of hydrogen-bond acceptors (Lipinski definition) is 5. The number of nitrogens with zero attached hydrogens (tertiary/aromatic N) is 3. The van der Waals surface area contributed by atoms with Gasteiger partial charge in [-0.25, -0.2) is 12.8 Å². The Morgan fingerprint density at radius 3 is 2.68 bits per heavy atom. The molecule has 9 heteroatoms. The quantitative estimate of drug-likeness (QED) is 0.625. The molecule has 1 aromatic heterocycles. The van der Waals surface area contributed by atoms with E-state index in [0.717, 1.165) is 23.3 Å². The summed E-state index contributed by atoms with van der Waals surface area (Å²) in [7, 11) is -3.88. The third kappa shape index (κ3) is 3.43. The fraction of sp³-hybridized carbons (Fsp3) is 0.263. The van der Waals surface area contributed by atoms with Crippen molar-refractivity contribution in [2.45, 2.75) is 30.7 Å². The predicted molar refractivity (Wildman–Crippen MR) is 102 cm³/mol. The van der Waals surface area contributed by atoms with Crippen LogP contribution >= 0.6 is 11.6 Å². The third-order valence-electron chi connectivity index (χ3n) is 4.74. The van der Waals surface area contributed by atoms with Gasteiger partial charge in [-0.1, -0.05) is 46.6 Å². The van der Waals surface area contributed by atoms with Crippen molar-refractivity contribution < 1.29 is 17.3 Å². The summed E-state index contributed by atoms with van der Waals surface area (Å²) >= 11 is 5.76. The van der Waals surface area contributed by atoms with Crippen LogP contribution in [0.25, 0.3) is 11.4 Å². The van der Waals surface area contributed by atoms with Gasteiger partial charge in [0.1, 0.15) is 11.9 Å². The van der Waals surface area contributed by atoms with Gasteiger partial charge < -0.3 is 4.52 Å². The van der Waals surface area contributed by atoms with Crippen LogP contribution in [-0.2, 0) is 10.0 Å². The molecular formula is C19H17ClFN3O3S. The van der Waals surface area contributed by atoms with Crippen molar-refractivity contribution >= 4 is 21.6 Å². The first-order valence-electron chi connectivity index (χ1n) is 8.74. The van der Waals surface area contributed by atoms with Crippen LogP contribution in [0.3, 0.4) is 0 Å². The van der Waals surface area contributed by atoms with Crippen molar-refractivity contribution in [3.63, 3.8) is 0 Å². The minimum atomic E-state index is -3.88. The summed E-state index contributed by atoms with van der Waals surface area (Å²) in [4.78, 5) is 4.35. The molecule has 0 aliphatic carbocycles. The number of halogens is 2. The van der Waals surface area contributed by atoms with Gasteiger partial charge in [-0.05, 0) is 38.0 Å². The lowest BCUT2D eigenvalue weighted by molar-refractivity contribution is 0.290. The standard InChI is InChI=1S/C19H17ClFN3O3S/c1-12-4-6-13(7-5-12)18-22-19(27-23-18)17-3-2-10-24(17)28(25,26)14-8-9-16(21)15(20)11-14/h4-9,11,17H,2-3,10H2,1H3/t17-/m0/s1. The molecule has 0 amide bonds. The minimum absolute atomic E-state index is 0.0657. The van der Waals surface area contributed by atoms with Crippen LogP contribution < -0.4 is 0 Å². The number of rotatable bonds is 4. The topological polar surface area (TPSA) is 76.3 Å². The zero-order valence-corrected chi connectivity index (χ0v) is 16.5. The Balaban J connectivity index is 1.65. The van der Waals surface area contributed by atoms with E-state index in [1.807, 2.05) is 31.2 Å². The molecule has 146 valence electrons. The lowest BCUT2D eigenvalue weighted by Gasteiger charge is -2.21. The molecule has 0 bridgehead atoms. The fourth-order valence-corrected chi connectivity index (χ4v) is 5.16. The summed E-state index contributed by atoms with van der Waals surface area (Å²) in [5, 5.41) is 3.76. The normalized spacial score (nSPS) is 17.9. The fourth-order valence-electron chi connectivity index (χ4n) is 3.24. The summed E-state index contributed by atoms with van der Waals surface area (Å²) in [6.07, 6.45) is 1.21. The summed E-state index contributed by atoms with van der Waals surface area (Å²) < 4.78 is 46.2. The molecule has 0 N–H and O–H groups in total. The summed E-state index contributed by atoms with van der Waals surface area (Å²) in [5.41, 5.74) is 1.90. The van der Waals surface area contributed by atoms with E-state index in [1.165, 1.54) is 10.4 Å². The molecule has 0 saturated carbocycles.